The van der Waals surface area contributed by atoms with Gasteiger partial charge in [0, 0.05) is 19.0 Å². The average Bonchev–Trinajstić information content (AvgIpc) is 2.47. The summed E-state index contributed by atoms with van der Waals surface area (Å²) in [6.45, 7) is 0. The summed E-state index contributed by atoms with van der Waals surface area (Å²) in [4.78, 5) is 11.6. The third-order valence-electron chi connectivity index (χ3n) is 3.83. The largest absolute Gasteiger partial charge is 0.381 e. The van der Waals surface area contributed by atoms with Crippen molar-refractivity contribution in [2.45, 2.75) is 31.7 Å². The molecule has 1 aliphatic rings. The standard InChI is InChI=1S/C15H18FN3O/c1-18-15(20)10-5-7-11(8-6-10)19-14-4-2-3-13(16)12(14)9-17/h2-4,10-11,19H,5-8H2,1H3,(H,18,20). The summed E-state index contributed by atoms with van der Waals surface area (Å²) < 4.78 is 13.5. The van der Waals surface area contributed by atoms with E-state index in [4.69, 9.17) is 5.26 Å². The summed E-state index contributed by atoms with van der Waals surface area (Å²) in [5.41, 5.74) is 0.594. The van der Waals surface area contributed by atoms with Crippen LogP contribution in [-0.4, -0.2) is 19.0 Å². The minimum absolute atomic E-state index is 0.0564. The lowest BCUT2D eigenvalue weighted by Crippen LogP contribution is -2.34. The van der Waals surface area contributed by atoms with Gasteiger partial charge in [-0.05, 0) is 37.8 Å². The van der Waals surface area contributed by atoms with Crippen LogP contribution in [0.2, 0.25) is 0 Å². The predicted octanol–water partition coefficient (Wildman–Crippen LogP) is 2.41. The number of carbonyl (C=O) groups is 1. The molecule has 1 aromatic carbocycles. The lowest BCUT2D eigenvalue weighted by molar-refractivity contribution is -0.125. The zero-order chi connectivity index (χ0) is 14.5. The summed E-state index contributed by atoms with van der Waals surface area (Å²) in [5.74, 6) is -0.343. The topological polar surface area (TPSA) is 64.9 Å². The predicted molar refractivity (Wildman–Crippen MR) is 74.6 cm³/mol. The molecule has 0 radical (unpaired) electrons. The molecule has 0 aliphatic heterocycles. The Labute approximate surface area is 118 Å². The first-order valence-electron chi connectivity index (χ1n) is 6.82. The normalized spacial score (nSPS) is 21.9. The van der Waals surface area contributed by atoms with Gasteiger partial charge in [-0.25, -0.2) is 4.39 Å². The minimum atomic E-state index is -0.503. The molecule has 0 atom stereocenters. The fraction of sp³-hybridized carbons (Fsp3) is 0.467. The van der Waals surface area contributed by atoms with E-state index in [1.54, 1.807) is 19.2 Å². The second-order valence-corrected chi connectivity index (χ2v) is 5.08. The van der Waals surface area contributed by atoms with Crippen LogP contribution >= 0.6 is 0 Å². The molecular formula is C15H18FN3O. The van der Waals surface area contributed by atoms with E-state index in [-0.39, 0.29) is 23.4 Å². The van der Waals surface area contributed by atoms with Crippen LogP contribution < -0.4 is 10.6 Å². The Kier molecular flexibility index (Phi) is 4.57. The van der Waals surface area contributed by atoms with E-state index < -0.39 is 5.82 Å². The lowest BCUT2D eigenvalue weighted by Gasteiger charge is -2.29. The van der Waals surface area contributed by atoms with Crippen LogP contribution in [0.1, 0.15) is 31.2 Å². The van der Waals surface area contributed by atoms with Gasteiger partial charge in [-0.1, -0.05) is 6.07 Å². The molecule has 1 aliphatic carbocycles. The molecule has 1 saturated carbocycles. The third-order valence-corrected chi connectivity index (χ3v) is 3.83. The molecule has 2 rings (SSSR count). The number of amides is 1. The first-order valence-corrected chi connectivity index (χ1v) is 6.82. The number of hydrogen-bond donors (Lipinski definition) is 2. The van der Waals surface area contributed by atoms with Crippen LogP contribution in [0.5, 0.6) is 0 Å². The van der Waals surface area contributed by atoms with Crippen LogP contribution in [0.3, 0.4) is 0 Å². The number of nitrogens with zero attached hydrogens (tertiary/aromatic N) is 1. The van der Waals surface area contributed by atoms with E-state index in [0.717, 1.165) is 25.7 Å². The van der Waals surface area contributed by atoms with Crippen molar-refractivity contribution in [3.63, 3.8) is 0 Å². The summed E-state index contributed by atoms with van der Waals surface area (Å²) in [7, 11) is 1.65. The number of hydrogen-bond acceptors (Lipinski definition) is 3. The first kappa shape index (κ1) is 14.3. The number of carbonyl (C=O) groups excluding carboxylic acids is 1. The number of anilines is 1. The van der Waals surface area contributed by atoms with Gasteiger partial charge < -0.3 is 10.6 Å². The molecule has 0 aromatic heterocycles. The smallest absolute Gasteiger partial charge is 0.222 e. The quantitative estimate of drug-likeness (QED) is 0.890. The molecule has 5 heteroatoms. The zero-order valence-corrected chi connectivity index (χ0v) is 11.4. The van der Waals surface area contributed by atoms with Gasteiger partial charge in [-0.15, -0.1) is 0 Å². The minimum Gasteiger partial charge on any atom is -0.381 e. The van der Waals surface area contributed by atoms with E-state index in [0.29, 0.717) is 5.69 Å². The maximum atomic E-state index is 13.5. The van der Waals surface area contributed by atoms with Gasteiger partial charge in [0.2, 0.25) is 5.91 Å². The van der Waals surface area contributed by atoms with Gasteiger partial charge in [0.25, 0.3) is 0 Å². The van der Waals surface area contributed by atoms with Gasteiger partial charge in [0.1, 0.15) is 17.4 Å². The Morgan fingerprint density at radius 2 is 2.05 bits per heavy atom. The highest BCUT2D eigenvalue weighted by molar-refractivity contribution is 5.78. The van der Waals surface area contributed by atoms with Gasteiger partial charge in [0.05, 0.1) is 5.69 Å². The zero-order valence-electron chi connectivity index (χ0n) is 11.4. The maximum Gasteiger partial charge on any atom is 0.222 e. The second kappa shape index (κ2) is 6.38. The molecule has 4 nitrogen and oxygen atoms in total. The van der Waals surface area contributed by atoms with Crippen LogP contribution in [0.4, 0.5) is 10.1 Å². The van der Waals surface area contributed by atoms with E-state index in [1.807, 2.05) is 6.07 Å². The molecule has 0 heterocycles. The summed E-state index contributed by atoms with van der Waals surface area (Å²) in [5, 5.41) is 14.9. The van der Waals surface area contributed by atoms with E-state index in [9.17, 15) is 9.18 Å². The van der Waals surface area contributed by atoms with Crippen molar-refractivity contribution >= 4 is 11.6 Å². The van der Waals surface area contributed by atoms with Crippen molar-refractivity contribution in [3.8, 4) is 6.07 Å². The molecule has 0 unspecified atom stereocenters. The van der Waals surface area contributed by atoms with Crippen LogP contribution in [0.25, 0.3) is 0 Å². The highest BCUT2D eigenvalue weighted by Gasteiger charge is 2.26. The highest BCUT2D eigenvalue weighted by atomic mass is 19.1. The lowest BCUT2D eigenvalue weighted by atomic mass is 9.85. The van der Waals surface area contributed by atoms with Gasteiger partial charge in [0.15, 0.2) is 0 Å². The van der Waals surface area contributed by atoms with Crippen molar-refractivity contribution in [3.05, 3.63) is 29.6 Å². The number of halogens is 1. The molecule has 0 bridgehead atoms. The van der Waals surface area contributed by atoms with Crippen molar-refractivity contribution in [2.75, 3.05) is 12.4 Å². The molecule has 106 valence electrons. The summed E-state index contributed by atoms with van der Waals surface area (Å²) in [6.07, 6.45) is 3.32. The van der Waals surface area contributed by atoms with E-state index >= 15 is 0 Å². The second-order valence-electron chi connectivity index (χ2n) is 5.08. The third kappa shape index (κ3) is 3.08. The monoisotopic (exact) mass is 275 g/mol. The highest BCUT2D eigenvalue weighted by Crippen LogP contribution is 2.28. The number of nitrogens with one attached hydrogen (secondary N) is 2. The SMILES string of the molecule is CNC(=O)C1CCC(Nc2cccc(F)c2C#N)CC1. The molecule has 1 aromatic rings. The van der Waals surface area contributed by atoms with E-state index in [1.165, 1.54) is 6.07 Å². The Bertz CT molecular complexity index is 530. The molecule has 1 fully saturated rings. The Morgan fingerprint density at radius 3 is 2.65 bits per heavy atom. The fourth-order valence-electron chi connectivity index (χ4n) is 2.68. The van der Waals surface area contributed by atoms with Crippen LogP contribution in [-0.2, 0) is 4.79 Å². The van der Waals surface area contributed by atoms with Crippen molar-refractivity contribution in [2.24, 2.45) is 5.92 Å². The van der Waals surface area contributed by atoms with Gasteiger partial charge in [-0.2, -0.15) is 5.26 Å². The van der Waals surface area contributed by atoms with Gasteiger partial charge in [-0.3, -0.25) is 4.79 Å². The van der Waals surface area contributed by atoms with Crippen molar-refractivity contribution in [1.82, 2.24) is 5.32 Å². The number of nitriles is 1. The van der Waals surface area contributed by atoms with Crippen LogP contribution in [0.15, 0.2) is 18.2 Å². The van der Waals surface area contributed by atoms with Crippen molar-refractivity contribution in [1.29, 1.82) is 5.26 Å². The van der Waals surface area contributed by atoms with Gasteiger partial charge >= 0.3 is 0 Å². The van der Waals surface area contributed by atoms with Crippen molar-refractivity contribution < 1.29 is 9.18 Å². The Morgan fingerprint density at radius 1 is 1.35 bits per heavy atom. The molecule has 1 amide bonds. The molecule has 2 N–H and O–H groups in total. The molecule has 0 saturated heterocycles. The van der Waals surface area contributed by atoms with E-state index in [2.05, 4.69) is 10.6 Å². The Hall–Kier alpha value is -2.09. The molecule has 20 heavy (non-hydrogen) atoms. The average molecular weight is 275 g/mol. The number of rotatable bonds is 3. The first-order chi connectivity index (χ1) is 9.65. The summed E-state index contributed by atoms with van der Waals surface area (Å²) in [6, 6.07) is 6.66. The maximum absolute atomic E-state index is 13.5. The molecule has 0 spiro atoms. The Balaban J connectivity index is 1.98. The van der Waals surface area contributed by atoms with Crippen LogP contribution in [0, 0.1) is 23.1 Å². The fourth-order valence-corrected chi connectivity index (χ4v) is 2.68. The number of benzene rings is 1. The molecular weight excluding hydrogens is 257 g/mol. The summed E-state index contributed by atoms with van der Waals surface area (Å²) >= 11 is 0.